The SMILES string of the molecule is CC1(C)SCC(C(=O)O)N1CB=O. The number of carbonyl (C=O) groups is 1. The molecule has 0 saturated carbocycles. The molecule has 6 heteroatoms. The van der Waals surface area contributed by atoms with Crippen LogP contribution < -0.4 is 0 Å². The number of hydrogen-bond acceptors (Lipinski definition) is 4. The molecule has 0 aliphatic carbocycles. The van der Waals surface area contributed by atoms with Crippen LogP contribution in [0.3, 0.4) is 0 Å². The maximum absolute atomic E-state index is 10.8. The van der Waals surface area contributed by atoms with E-state index in [2.05, 4.69) is 0 Å². The molecule has 0 radical (unpaired) electrons. The molecule has 0 spiro atoms. The first-order valence-electron chi connectivity index (χ1n) is 4.06. The van der Waals surface area contributed by atoms with Gasteiger partial charge in [0.05, 0.1) is 0 Å². The molecule has 1 unspecified atom stereocenters. The van der Waals surface area contributed by atoms with Gasteiger partial charge in [-0.1, -0.05) is 0 Å². The van der Waals surface area contributed by atoms with Gasteiger partial charge in [0, 0.05) is 0 Å². The summed E-state index contributed by atoms with van der Waals surface area (Å²) in [5, 5.41) is 8.87. The van der Waals surface area contributed by atoms with Gasteiger partial charge >= 0.3 is 81.3 Å². The topological polar surface area (TPSA) is 57.6 Å². The molecule has 1 fully saturated rings. The summed E-state index contributed by atoms with van der Waals surface area (Å²) in [6.45, 7) is 3.87. The van der Waals surface area contributed by atoms with E-state index in [-0.39, 0.29) is 11.3 Å². The Bertz CT molecular complexity index is 234. The number of nitrogens with zero attached hydrogens (tertiary/aromatic N) is 1. The molecule has 1 atom stereocenters. The molecule has 1 aliphatic rings. The van der Waals surface area contributed by atoms with Gasteiger partial charge in [0.15, 0.2) is 0 Å². The van der Waals surface area contributed by atoms with Gasteiger partial charge in [0.1, 0.15) is 0 Å². The summed E-state index contributed by atoms with van der Waals surface area (Å²) in [5.41, 5.74) is 0. The van der Waals surface area contributed by atoms with Gasteiger partial charge in [-0.05, 0) is 0 Å². The number of aliphatic carboxylic acids is 1. The summed E-state index contributed by atoms with van der Waals surface area (Å²) in [5.74, 6) is -0.296. The van der Waals surface area contributed by atoms with Crippen molar-refractivity contribution in [3.63, 3.8) is 0 Å². The zero-order valence-electron chi connectivity index (χ0n) is 7.69. The second-order valence-corrected chi connectivity index (χ2v) is 5.05. The summed E-state index contributed by atoms with van der Waals surface area (Å²) < 4.78 is 10.4. The molecule has 1 saturated heterocycles. The summed E-state index contributed by atoms with van der Waals surface area (Å²) in [7, 11) is 0.754. The first kappa shape index (κ1) is 10.7. The second-order valence-electron chi connectivity index (χ2n) is 3.43. The number of rotatable bonds is 3. The normalized spacial score (nSPS) is 27.1. The van der Waals surface area contributed by atoms with Crippen molar-refractivity contribution in [2.75, 3.05) is 12.2 Å². The Morgan fingerprint density at radius 3 is 2.85 bits per heavy atom. The molecule has 1 rings (SSSR count). The Hall–Kier alpha value is -0.355. The number of thioether (sulfide) groups is 1. The van der Waals surface area contributed by atoms with Crippen LogP contribution in [-0.4, -0.2) is 46.2 Å². The minimum atomic E-state index is -0.847. The van der Waals surface area contributed by atoms with Gasteiger partial charge in [0.25, 0.3) is 0 Å². The molecular weight excluding hydrogens is 189 g/mol. The molecule has 0 aromatic carbocycles. The van der Waals surface area contributed by atoms with Gasteiger partial charge < -0.3 is 0 Å². The number of carboxylic acids is 1. The Kier molecular flexibility index (Phi) is 3.13. The third-order valence-corrected chi connectivity index (χ3v) is 3.64. The average molecular weight is 201 g/mol. The third-order valence-electron chi connectivity index (χ3n) is 2.22. The summed E-state index contributed by atoms with van der Waals surface area (Å²) in [6.07, 6.45) is 0.191. The van der Waals surface area contributed by atoms with Gasteiger partial charge in [-0.2, -0.15) is 0 Å². The van der Waals surface area contributed by atoms with Gasteiger partial charge in [-0.25, -0.2) is 0 Å². The Morgan fingerprint density at radius 2 is 2.38 bits per heavy atom. The van der Waals surface area contributed by atoms with Crippen LogP contribution in [-0.2, 0) is 9.50 Å². The Morgan fingerprint density at radius 1 is 1.77 bits per heavy atom. The van der Waals surface area contributed by atoms with E-state index in [0.29, 0.717) is 5.75 Å². The Balaban J connectivity index is 2.78. The van der Waals surface area contributed by atoms with E-state index in [9.17, 15) is 9.50 Å². The van der Waals surface area contributed by atoms with Crippen LogP contribution in [0.15, 0.2) is 0 Å². The molecule has 1 N–H and O–H groups in total. The molecule has 0 amide bonds. The van der Waals surface area contributed by atoms with Crippen LogP contribution in [0, 0.1) is 0 Å². The fourth-order valence-corrected chi connectivity index (χ4v) is 2.72. The molecule has 1 heterocycles. The summed E-state index contributed by atoms with van der Waals surface area (Å²) >= 11 is 1.57. The van der Waals surface area contributed by atoms with Crippen LogP contribution in [0.2, 0.25) is 0 Å². The first-order chi connectivity index (χ1) is 5.99. The van der Waals surface area contributed by atoms with Crippen molar-refractivity contribution in [3.8, 4) is 0 Å². The van der Waals surface area contributed by atoms with Crippen molar-refractivity contribution in [3.05, 3.63) is 0 Å². The van der Waals surface area contributed by atoms with E-state index in [4.69, 9.17) is 5.11 Å². The molecule has 72 valence electrons. The first-order valence-corrected chi connectivity index (χ1v) is 5.05. The van der Waals surface area contributed by atoms with Gasteiger partial charge in [-0.15, -0.1) is 0 Å². The summed E-state index contributed by atoms with van der Waals surface area (Å²) in [6, 6.07) is -0.523. The molecule has 0 bridgehead atoms. The molecule has 13 heavy (non-hydrogen) atoms. The van der Waals surface area contributed by atoms with Crippen LogP contribution in [0.25, 0.3) is 0 Å². The van der Waals surface area contributed by atoms with E-state index in [1.807, 2.05) is 13.8 Å². The fourth-order valence-electron chi connectivity index (χ4n) is 1.46. The van der Waals surface area contributed by atoms with Gasteiger partial charge in [0.2, 0.25) is 0 Å². The van der Waals surface area contributed by atoms with Crippen LogP contribution in [0.5, 0.6) is 0 Å². The predicted molar refractivity (Wildman–Crippen MR) is 51.1 cm³/mol. The van der Waals surface area contributed by atoms with Crippen molar-refractivity contribution in [1.29, 1.82) is 0 Å². The second kappa shape index (κ2) is 3.80. The molecule has 1 aliphatic heterocycles. The van der Waals surface area contributed by atoms with Crippen LogP contribution in [0.4, 0.5) is 0 Å². The zero-order chi connectivity index (χ0) is 10.1. The van der Waals surface area contributed by atoms with Crippen molar-refractivity contribution < 1.29 is 14.6 Å². The molecular formula is C7H12BNO3S. The zero-order valence-corrected chi connectivity index (χ0v) is 8.50. The Labute approximate surface area is 81.9 Å². The van der Waals surface area contributed by atoms with Crippen LogP contribution in [0.1, 0.15) is 13.8 Å². The van der Waals surface area contributed by atoms with Crippen LogP contribution >= 0.6 is 11.8 Å². The number of hydrogen-bond donors (Lipinski definition) is 1. The standard InChI is InChI=1S/C7H12BNO3S/c1-7(2)9(4-8-12)5(3-13-7)6(10)11/h5H,3-4H2,1-2H3,(H,10,11). The van der Waals surface area contributed by atoms with E-state index in [1.165, 1.54) is 0 Å². The van der Waals surface area contributed by atoms with E-state index >= 15 is 0 Å². The average Bonchev–Trinajstić information content (AvgIpc) is 2.29. The minimum absolute atomic E-state index is 0.191. The summed E-state index contributed by atoms with van der Waals surface area (Å²) in [4.78, 5) is 12.3. The predicted octanol–water partition coefficient (Wildman–Crippen LogP) is 0.232. The van der Waals surface area contributed by atoms with Crippen molar-refractivity contribution in [1.82, 2.24) is 4.90 Å². The molecule has 4 nitrogen and oxygen atoms in total. The molecule has 0 aromatic rings. The third kappa shape index (κ3) is 2.11. The van der Waals surface area contributed by atoms with Gasteiger partial charge in [-0.3, -0.25) is 0 Å². The number of carboxylic acid groups (broad SMARTS) is 1. The molecule has 0 aromatic heterocycles. The monoisotopic (exact) mass is 201 g/mol. The van der Waals surface area contributed by atoms with Crippen molar-refractivity contribution in [2.45, 2.75) is 24.8 Å². The van der Waals surface area contributed by atoms with Crippen molar-refractivity contribution in [2.24, 2.45) is 0 Å². The van der Waals surface area contributed by atoms with E-state index in [1.54, 1.807) is 16.7 Å². The van der Waals surface area contributed by atoms with E-state index in [0.717, 1.165) is 7.15 Å². The fraction of sp³-hybridized carbons (Fsp3) is 0.857. The maximum atomic E-state index is 10.8. The van der Waals surface area contributed by atoms with E-state index < -0.39 is 12.0 Å². The van der Waals surface area contributed by atoms with Crippen molar-refractivity contribution >= 4 is 24.9 Å². The quantitative estimate of drug-likeness (QED) is 0.662.